The Hall–Kier alpha value is -2.10. The lowest BCUT2D eigenvalue weighted by molar-refractivity contribution is -0.137. The molecule has 0 heterocycles. The fourth-order valence-corrected chi connectivity index (χ4v) is 4.79. The largest absolute Gasteiger partial charge is 0.481 e. The van der Waals surface area contributed by atoms with E-state index in [1.54, 1.807) is 6.08 Å². The van der Waals surface area contributed by atoms with E-state index in [0.29, 0.717) is 6.42 Å². The van der Waals surface area contributed by atoms with Gasteiger partial charge in [0, 0.05) is 12.5 Å². The van der Waals surface area contributed by atoms with Crippen LogP contribution in [-0.2, 0) is 9.59 Å². The maximum Gasteiger partial charge on any atom is 0.328 e. The molecule has 4 heteroatoms. The second-order valence-electron chi connectivity index (χ2n) is 11.6. The zero-order valence-electron chi connectivity index (χ0n) is 27.7. The maximum atomic E-state index is 10.3. The molecule has 0 saturated carbocycles. The Morgan fingerprint density at radius 1 is 0.429 bits per heavy atom. The highest BCUT2D eigenvalue weighted by Gasteiger charge is 1.97. The number of carboxylic acid groups (broad SMARTS) is 2. The van der Waals surface area contributed by atoms with Crippen LogP contribution in [-0.4, -0.2) is 22.2 Å². The summed E-state index contributed by atoms with van der Waals surface area (Å²) >= 11 is 0. The minimum atomic E-state index is -0.921. The van der Waals surface area contributed by atoms with Crippen molar-refractivity contribution in [3.05, 3.63) is 48.6 Å². The van der Waals surface area contributed by atoms with Crippen molar-refractivity contribution in [3.63, 3.8) is 0 Å². The molecule has 0 unspecified atom stereocenters. The standard InChI is InChI=1S/C22H36O2.C16H32O2/c1-2-3-4-5-6-7-8-9-10-11-12-13-14-15-16-17-18-19-20-21-22(23)24;1-2-3-4-5-6-7-8-9-10-11-12-13-14-15-16(17)18/h14-21H,2-13H2,1H3,(H,23,24);2-15H2,1H3,(H,17,18). The molecule has 0 aliphatic rings. The number of hydrogen-bond acceptors (Lipinski definition) is 2. The van der Waals surface area contributed by atoms with E-state index in [2.05, 4.69) is 26.0 Å². The molecular formula is C38H68O4. The van der Waals surface area contributed by atoms with Crippen molar-refractivity contribution in [3.8, 4) is 0 Å². The fourth-order valence-electron chi connectivity index (χ4n) is 4.79. The average molecular weight is 589 g/mol. The topological polar surface area (TPSA) is 74.6 Å². The van der Waals surface area contributed by atoms with Gasteiger partial charge < -0.3 is 10.2 Å². The lowest BCUT2D eigenvalue weighted by Gasteiger charge is -2.02. The molecule has 4 nitrogen and oxygen atoms in total. The lowest BCUT2D eigenvalue weighted by atomic mass is 10.0. The van der Waals surface area contributed by atoms with Crippen LogP contribution in [0.15, 0.2) is 48.6 Å². The van der Waals surface area contributed by atoms with Gasteiger partial charge in [-0.1, -0.05) is 198 Å². The minimum Gasteiger partial charge on any atom is -0.481 e. The molecule has 0 fully saturated rings. The van der Waals surface area contributed by atoms with Crippen molar-refractivity contribution in [1.82, 2.24) is 0 Å². The van der Waals surface area contributed by atoms with Crippen LogP contribution < -0.4 is 0 Å². The molecule has 0 aliphatic carbocycles. The van der Waals surface area contributed by atoms with E-state index in [4.69, 9.17) is 10.2 Å². The van der Waals surface area contributed by atoms with E-state index in [1.165, 1.54) is 147 Å². The summed E-state index contributed by atoms with van der Waals surface area (Å²) in [7, 11) is 0. The predicted octanol–water partition coefficient (Wildman–Crippen LogP) is 12.5. The van der Waals surface area contributed by atoms with Crippen LogP contribution in [0.5, 0.6) is 0 Å². The first-order valence-corrected chi connectivity index (χ1v) is 17.7. The molecular weight excluding hydrogens is 520 g/mol. The molecule has 0 bridgehead atoms. The summed E-state index contributed by atoms with van der Waals surface area (Å²) in [5, 5.41) is 16.9. The molecule has 0 rings (SSSR count). The van der Waals surface area contributed by atoms with Crippen molar-refractivity contribution in [2.24, 2.45) is 0 Å². The van der Waals surface area contributed by atoms with Crippen molar-refractivity contribution in [2.75, 3.05) is 0 Å². The second kappa shape index (κ2) is 38.9. The summed E-state index contributed by atoms with van der Waals surface area (Å²) in [5.41, 5.74) is 0. The number of carbonyl (C=O) groups is 2. The lowest BCUT2D eigenvalue weighted by Crippen LogP contribution is -1.93. The third-order valence-corrected chi connectivity index (χ3v) is 7.40. The fraction of sp³-hybridized carbons (Fsp3) is 0.737. The Morgan fingerprint density at radius 3 is 1.14 bits per heavy atom. The first kappa shape index (κ1) is 42.0. The van der Waals surface area contributed by atoms with E-state index in [-0.39, 0.29) is 0 Å². The smallest absolute Gasteiger partial charge is 0.328 e. The van der Waals surface area contributed by atoms with Gasteiger partial charge in [-0.15, -0.1) is 0 Å². The van der Waals surface area contributed by atoms with Crippen LogP contribution in [0.1, 0.15) is 181 Å². The molecule has 0 aliphatic heterocycles. The van der Waals surface area contributed by atoms with Crippen molar-refractivity contribution < 1.29 is 19.8 Å². The van der Waals surface area contributed by atoms with Crippen LogP contribution in [0.3, 0.4) is 0 Å². The van der Waals surface area contributed by atoms with Gasteiger partial charge in [-0.3, -0.25) is 4.79 Å². The SMILES string of the molecule is CCCCCCCCCCCCCC=CC=CC=CC=CC(=O)O.CCCCCCCCCCCCCCCC(=O)O. The van der Waals surface area contributed by atoms with Crippen molar-refractivity contribution in [2.45, 2.75) is 181 Å². The quantitative estimate of drug-likeness (QED) is 0.0497. The molecule has 0 saturated heterocycles. The third kappa shape index (κ3) is 44.9. The van der Waals surface area contributed by atoms with Crippen LogP contribution in [0, 0.1) is 0 Å². The number of carboxylic acids is 2. The molecule has 0 spiro atoms. The molecule has 42 heavy (non-hydrogen) atoms. The average Bonchev–Trinajstić information content (AvgIpc) is 2.97. The number of hydrogen-bond donors (Lipinski definition) is 2. The Labute approximate surface area is 260 Å². The summed E-state index contributed by atoms with van der Waals surface area (Å²) < 4.78 is 0. The molecule has 0 amide bonds. The van der Waals surface area contributed by atoms with Gasteiger partial charge in [0.2, 0.25) is 0 Å². The predicted molar refractivity (Wildman–Crippen MR) is 183 cm³/mol. The van der Waals surface area contributed by atoms with Gasteiger partial charge in [0.05, 0.1) is 0 Å². The minimum absolute atomic E-state index is 0.345. The summed E-state index contributed by atoms with van der Waals surface area (Å²) in [5.74, 6) is -1.58. The third-order valence-electron chi connectivity index (χ3n) is 7.40. The zero-order valence-corrected chi connectivity index (χ0v) is 27.7. The van der Waals surface area contributed by atoms with E-state index in [9.17, 15) is 9.59 Å². The Balaban J connectivity index is 0. The Morgan fingerprint density at radius 2 is 0.762 bits per heavy atom. The van der Waals surface area contributed by atoms with Gasteiger partial charge in [-0.25, -0.2) is 4.79 Å². The molecule has 244 valence electrons. The Kier molecular flexibility index (Phi) is 38.9. The first-order chi connectivity index (χ1) is 20.5. The number of aliphatic carboxylic acids is 2. The van der Waals surface area contributed by atoms with E-state index >= 15 is 0 Å². The molecule has 0 atom stereocenters. The molecule has 2 N–H and O–H groups in total. The molecule has 0 radical (unpaired) electrons. The van der Waals surface area contributed by atoms with E-state index < -0.39 is 11.9 Å². The first-order valence-electron chi connectivity index (χ1n) is 17.7. The summed E-state index contributed by atoms with van der Waals surface area (Å²) in [4.78, 5) is 20.5. The van der Waals surface area contributed by atoms with Gasteiger partial charge in [-0.05, 0) is 19.3 Å². The van der Waals surface area contributed by atoms with Crippen LogP contribution in [0.4, 0.5) is 0 Å². The molecule has 0 aromatic heterocycles. The highest BCUT2D eigenvalue weighted by atomic mass is 16.4. The monoisotopic (exact) mass is 589 g/mol. The summed E-state index contributed by atoms with van der Waals surface area (Å²) in [6, 6.07) is 0. The highest BCUT2D eigenvalue weighted by Crippen LogP contribution is 2.13. The van der Waals surface area contributed by atoms with Gasteiger partial charge in [0.1, 0.15) is 0 Å². The van der Waals surface area contributed by atoms with E-state index in [1.807, 2.05) is 18.2 Å². The van der Waals surface area contributed by atoms with Crippen LogP contribution in [0.2, 0.25) is 0 Å². The van der Waals surface area contributed by atoms with Gasteiger partial charge >= 0.3 is 11.9 Å². The summed E-state index contributed by atoms with van der Waals surface area (Å²) in [6.45, 7) is 4.53. The van der Waals surface area contributed by atoms with Crippen LogP contribution >= 0.6 is 0 Å². The zero-order chi connectivity index (χ0) is 31.2. The van der Waals surface area contributed by atoms with Gasteiger partial charge in [0.15, 0.2) is 0 Å². The van der Waals surface area contributed by atoms with Gasteiger partial charge in [0.25, 0.3) is 0 Å². The summed E-state index contributed by atoms with van der Waals surface area (Å²) in [6.07, 6.45) is 47.9. The normalized spacial score (nSPS) is 11.7. The highest BCUT2D eigenvalue weighted by molar-refractivity contribution is 5.80. The second-order valence-corrected chi connectivity index (χ2v) is 11.6. The molecule has 0 aromatic rings. The van der Waals surface area contributed by atoms with Gasteiger partial charge in [-0.2, -0.15) is 0 Å². The number of allylic oxidation sites excluding steroid dienone is 7. The number of rotatable bonds is 30. The van der Waals surface area contributed by atoms with Crippen molar-refractivity contribution >= 4 is 11.9 Å². The number of unbranched alkanes of at least 4 members (excludes halogenated alkanes) is 23. The molecule has 0 aromatic carbocycles. The maximum absolute atomic E-state index is 10.3. The van der Waals surface area contributed by atoms with Crippen molar-refractivity contribution in [1.29, 1.82) is 0 Å². The van der Waals surface area contributed by atoms with Crippen LogP contribution in [0.25, 0.3) is 0 Å². The van der Waals surface area contributed by atoms with E-state index in [0.717, 1.165) is 25.3 Å². The Bertz CT molecular complexity index is 675.